The Bertz CT molecular complexity index is 934. The van der Waals surface area contributed by atoms with Gasteiger partial charge < -0.3 is 4.52 Å². The number of benzene rings is 1. The highest BCUT2D eigenvalue weighted by atomic mass is 32.2. The van der Waals surface area contributed by atoms with E-state index in [1.54, 1.807) is 23.8 Å². The number of sulfone groups is 1. The average molecular weight is 331 g/mol. The van der Waals surface area contributed by atoms with Crippen LogP contribution < -0.4 is 0 Å². The molecular formula is C16H17N3O3S. The summed E-state index contributed by atoms with van der Waals surface area (Å²) < 4.78 is 31.9. The average Bonchev–Trinajstić information content (AvgIpc) is 3.06. The molecule has 2 aromatic heterocycles. The van der Waals surface area contributed by atoms with Gasteiger partial charge in [0, 0.05) is 24.1 Å². The molecule has 3 rings (SSSR count). The molecule has 0 aliphatic rings. The van der Waals surface area contributed by atoms with Crippen LogP contribution in [0.3, 0.4) is 0 Å². The van der Waals surface area contributed by atoms with E-state index < -0.39 is 9.84 Å². The SMILES string of the molecule is Cc1cc(C)cc(-n2ccnc2S(=O)(=O)Cc2cc(C)no2)c1. The molecule has 0 atom stereocenters. The third-order valence-corrected chi connectivity index (χ3v) is 4.90. The van der Waals surface area contributed by atoms with Gasteiger partial charge in [-0.1, -0.05) is 11.2 Å². The summed E-state index contributed by atoms with van der Waals surface area (Å²) in [6.07, 6.45) is 3.13. The molecule has 0 fully saturated rings. The number of nitrogens with zero attached hydrogens (tertiary/aromatic N) is 3. The van der Waals surface area contributed by atoms with E-state index in [2.05, 4.69) is 10.1 Å². The van der Waals surface area contributed by atoms with Gasteiger partial charge in [0.2, 0.25) is 15.0 Å². The molecule has 0 radical (unpaired) electrons. The first-order valence-corrected chi connectivity index (χ1v) is 8.77. The van der Waals surface area contributed by atoms with E-state index >= 15 is 0 Å². The molecule has 1 aromatic carbocycles. The Hall–Kier alpha value is -2.41. The Balaban J connectivity index is 2.03. The summed E-state index contributed by atoms with van der Waals surface area (Å²) in [4.78, 5) is 4.04. The van der Waals surface area contributed by atoms with Gasteiger partial charge in [0.05, 0.1) is 5.69 Å². The summed E-state index contributed by atoms with van der Waals surface area (Å²) in [7, 11) is -3.64. The fourth-order valence-corrected chi connectivity index (χ4v) is 3.87. The third-order valence-electron chi connectivity index (χ3n) is 3.38. The number of rotatable bonds is 4. The van der Waals surface area contributed by atoms with Crippen molar-refractivity contribution in [3.8, 4) is 5.69 Å². The minimum absolute atomic E-state index is 0.00319. The summed E-state index contributed by atoms with van der Waals surface area (Å²) >= 11 is 0. The van der Waals surface area contributed by atoms with Crippen molar-refractivity contribution < 1.29 is 12.9 Å². The Kier molecular flexibility index (Phi) is 3.81. The Morgan fingerprint density at radius 2 is 1.78 bits per heavy atom. The monoisotopic (exact) mass is 331 g/mol. The second-order valence-corrected chi connectivity index (χ2v) is 7.50. The lowest BCUT2D eigenvalue weighted by atomic mass is 10.1. The molecule has 0 bridgehead atoms. The minimum atomic E-state index is -3.64. The van der Waals surface area contributed by atoms with E-state index in [-0.39, 0.29) is 10.9 Å². The van der Waals surface area contributed by atoms with Crippen LogP contribution in [0.5, 0.6) is 0 Å². The van der Waals surface area contributed by atoms with Crippen molar-refractivity contribution in [2.24, 2.45) is 0 Å². The molecule has 23 heavy (non-hydrogen) atoms. The maximum Gasteiger partial charge on any atom is 0.232 e. The van der Waals surface area contributed by atoms with Gasteiger partial charge in [0.15, 0.2) is 5.76 Å². The van der Waals surface area contributed by atoms with Gasteiger partial charge in [0.25, 0.3) is 0 Å². The van der Waals surface area contributed by atoms with Crippen molar-refractivity contribution in [3.63, 3.8) is 0 Å². The van der Waals surface area contributed by atoms with Gasteiger partial charge in [0.1, 0.15) is 5.75 Å². The molecule has 3 aromatic rings. The topological polar surface area (TPSA) is 78.0 Å². The molecule has 0 aliphatic carbocycles. The standard InChI is InChI=1S/C16H17N3O3S/c1-11-6-12(2)8-14(7-11)19-5-4-17-16(19)23(20,21)10-15-9-13(3)18-22-15/h4-9H,10H2,1-3H3. The maximum atomic E-state index is 12.7. The number of imidazole rings is 1. The summed E-state index contributed by atoms with van der Waals surface area (Å²) in [6, 6.07) is 7.49. The van der Waals surface area contributed by atoms with E-state index in [1.807, 2.05) is 32.0 Å². The number of hydrogen-bond donors (Lipinski definition) is 0. The summed E-state index contributed by atoms with van der Waals surface area (Å²) in [5.74, 6) is 0.0350. The molecule has 0 unspecified atom stereocenters. The van der Waals surface area contributed by atoms with Crippen LogP contribution in [-0.4, -0.2) is 23.1 Å². The molecule has 2 heterocycles. The number of aryl methyl sites for hydroxylation is 3. The van der Waals surface area contributed by atoms with Crippen molar-refractivity contribution in [2.45, 2.75) is 31.7 Å². The second kappa shape index (κ2) is 5.66. The predicted molar refractivity (Wildman–Crippen MR) is 85.2 cm³/mol. The highest BCUT2D eigenvalue weighted by molar-refractivity contribution is 7.90. The van der Waals surface area contributed by atoms with E-state index in [0.717, 1.165) is 16.8 Å². The van der Waals surface area contributed by atoms with Crippen LogP contribution in [0.15, 0.2) is 46.3 Å². The van der Waals surface area contributed by atoms with Crippen LogP contribution in [0.4, 0.5) is 0 Å². The normalized spacial score (nSPS) is 11.8. The van der Waals surface area contributed by atoms with Crippen LogP contribution in [-0.2, 0) is 15.6 Å². The third kappa shape index (κ3) is 3.19. The van der Waals surface area contributed by atoms with Crippen LogP contribution in [0.2, 0.25) is 0 Å². The zero-order chi connectivity index (χ0) is 16.6. The minimum Gasteiger partial charge on any atom is -0.360 e. The van der Waals surface area contributed by atoms with Gasteiger partial charge in [-0.25, -0.2) is 13.4 Å². The molecule has 0 N–H and O–H groups in total. The zero-order valence-electron chi connectivity index (χ0n) is 13.1. The maximum absolute atomic E-state index is 12.7. The molecule has 7 heteroatoms. The Morgan fingerprint density at radius 3 is 2.39 bits per heavy atom. The van der Waals surface area contributed by atoms with Crippen LogP contribution in [0, 0.1) is 20.8 Å². The number of hydrogen-bond acceptors (Lipinski definition) is 5. The van der Waals surface area contributed by atoms with Crippen molar-refractivity contribution in [2.75, 3.05) is 0 Å². The molecule has 0 saturated heterocycles. The first-order chi connectivity index (χ1) is 10.8. The summed E-state index contributed by atoms with van der Waals surface area (Å²) in [6.45, 7) is 5.69. The molecule has 0 saturated carbocycles. The lowest BCUT2D eigenvalue weighted by Gasteiger charge is -2.10. The number of aromatic nitrogens is 3. The predicted octanol–water partition coefficient (Wildman–Crippen LogP) is 2.76. The van der Waals surface area contributed by atoms with Crippen molar-refractivity contribution in [1.29, 1.82) is 0 Å². The summed E-state index contributed by atoms with van der Waals surface area (Å²) in [5.41, 5.74) is 3.53. The van der Waals surface area contributed by atoms with E-state index in [1.165, 1.54) is 6.20 Å². The molecule has 120 valence electrons. The van der Waals surface area contributed by atoms with Crippen LogP contribution >= 0.6 is 0 Å². The van der Waals surface area contributed by atoms with Crippen molar-refractivity contribution in [3.05, 3.63) is 59.2 Å². The summed E-state index contributed by atoms with van der Waals surface area (Å²) in [5, 5.41) is 3.72. The first-order valence-electron chi connectivity index (χ1n) is 7.12. The molecule has 0 spiro atoms. The molecular weight excluding hydrogens is 314 g/mol. The van der Waals surface area contributed by atoms with E-state index in [9.17, 15) is 8.42 Å². The van der Waals surface area contributed by atoms with Gasteiger partial charge in [-0.05, 0) is 44.0 Å². The van der Waals surface area contributed by atoms with Gasteiger partial charge in [-0.15, -0.1) is 0 Å². The lowest BCUT2D eigenvalue weighted by molar-refractivity contribution is 0.388. The van der Waals surface area contributed by atoms with E-state index in [0.29, 0.717) is 11.5 Å². The molecule has 0 aliphatic heterocycles. The van der Waals surface area contributed by atoms with E-state index in [4.69, 9.17) is 4.52 Å². The van der Waals surface area contributed by atoms with Crippen LogP contribution in [0.25, 0.3) is 5.69 Å². The largest absolute Gasteiger partial charge is 0.360 e. The first kappa shape index (κ1) is 15.5. The van der Waals surface area contributed by atoms with Crippen molar-refractivity contribution in [1.82, 2.24) is 14.7 Å². The Labute approximate surface area is 134 Å². The lowest BCUT2D eigenvalue weighted by Crippen LogP contribution is -2.11. The van der Waals surface area contributed by atoms with Crippen LogP contribution in [0.1, 0.15) is 22.6 Å². The fourth-order valence-electron chi connectivity index (χ4n) is 2.54. The molecule has 0 amide bonds. The highest BCUT2D eigenvalue weighted by Crippen LogP contribution is 2.21. The van der Waals surface area contributed by atoms with Gasteiger partial charge >= 0.3 is 0 Å². The highest BCUT2D eigenvalue weighted by Gasteiger charge is 2.24. The van der Waals surface area contributed by atoms with Gasteiger partial charge in [-0.3, -0.25) is 4.57 Å². The smallest absolute Gasteiger partial charge is 0.232 e. The molecule has 6 nitrogen and oxygen atoms in total. The quantitative estimate of drug-likeness (QED) is 0.734. The zero-order valence-corrected chi connectivity index (χ0v) is 14.0. The second-order valence-electron chi connectivity index (χ2n) is 5.62. The Morgan fingerprint density at radius 1 is 1.09 bits per heavy atom. The van der Waals surface area contributed by atoms with Crippen molar-refractivity contribution >= 4 is 9.84 Å². The fraction of sp³-hybridized carbons (Fsp3) is 0.250. The van der Waals surface area contributed by atoms with Gasteiger partial charge in [-0.2, -0.15) is 0 Å².